The van der Waals surface area contributed by atoms with Crippen LogP contribution in [0.4, 0.5) is 5.69 Å². The number of rotatable bonds is 6. The number of carbonyl (C=O) groups is 3. The second kappa shape index (κ2) is 8.29. The van der Waals surface area contributed by atoms with Crippen LogP contribution in [-0.2, 0) is 9.59 Å². The number of nitrogens with one attached hydrogen (secondary N) is 1. The third kappa shape index (κ3) is 5.61. The number of esters is 1. The predicted octanol–water partition coefficient (Wildman–Crippen LogP) is 3.09. The molecule has 2 aromatic rings. The van der Waals surface area contributed by atoms with E-state index in [1.165, 1.54) is 25.1 Å². The zero-order chi connectivity index (χ0) is 18.4. The summed E-state index contributed by atoms with van der Waals surface area (Å²) < 4.78 is 11.0. The van der Waals surface area contributed by atoms with Crippen molar-refractivity contribution in [1.29, 1.82) is 0 Å². The van der Waals surface area contributed by atoms with Crippen molar-refractivity contribution in [2.24, 2.45) is 0 Å². The molecule has 2 rings (SSSR count). The first-order chi connectivity index (χ1) is 11.8. The van der Waals surface area contributed by atoms with E-state index < -0.39 is 17.8 Å². The zero-order valence-electron chi connectivity index (χ0n) is 13.1. The van der Waals surface area contributed by atoms with E-state index >= 15 is 0 Å². The van der Waals surface area contributed by atoms with E-state index in [0.29, 0.717) is 5.75 Å². The van der Waals surface area contributed by atoms with Crippen LogP contribution in [0.25, 0.3) is 0 Å². The molecule has 0 atom stereocenters. The molecule has 130 valence electrons. The second-order valence-corrected chi connectivity index (χ2v) is 5.82. The molecular formula is C17H14BrNO6. The summed E-state index contributed by atoms with van der Waals surface area (Å²) in [5, 5.41) is 11.7. The Labute approximate surface area is 151 Å². The summed E-state index contributed by atoms with van der Waals surface area (Å²) in [5.41, 5.74) is 0.0135. The summed E-state index contributed by atoms with van der Waals surface area (Å²) in [6.45, 7) is 0.927. The first-order valence-electron chi connectivity index (χ1n) is 7.09. The smallest absolute Gasteiger partial charge is 0.339 e. The third-order valence-electron chi connectivity index (χ3n) is 2.93. The molecular weight excluding hydrogens is 394 g/mol. The topological polar surface area (TPSA) is 102 Å². The van der Waals surface area contributed by atoms with Crippen molar-refractivity contribution in [1.82, 2.24) is 0 Å². The van der Waals surface area contributed by atoms with Crippen molar-refractivity contribution >= 4 is 39.5 Å². The number of benzene rings is 2. The Balaban J connectivity index is 2.02. The summed E-state index contributed by atoms with van der Waals surface area (Å²) in [7, 11) is 0. The van der Waals surface area contributed by atoms with E-state index in [1.807, 2.05) is 0 Å². The molecule has 2 aromatic carbocycles. The molecule has 0 saturated carbocycles. The zero-order valence-corrected chi connectivity index (χ0v) is 14.7. The van der Waals surface area contributed by atoms with E-state index in [0.717, 1.165) is 4.47 Å². The molecule has 7 nitrogen and oxygen atoms in total. The Morgan fingerprint density at radius 2 is 1.80 bits per heavy atom. The predicted molar refractivity (Wildman–Crippen MR) is 93.0 cm³/mol. The van der Waals surface area contributed by atoms with E-state index in [9.17, 15) is 19.5 Å². The largest absolute Gasteiger partial charge is 0.484 e. The summed E-state index contributed by atoms with van der Waals surface area (Å²) in [6.07, 6.45) is 0. The fraction of sp³-hybridized carbons (Fsp3) is 0.118. The van der Waals surface area contributed by atoms with Gasteiger partial charge in [0, 0.05) is 17.1 Å². The minimum absolute atomic E-state index is 0.0934. The van der Waals surface area contributed by atoms with Gasteiger partial charge < -0.3 is 19.9 Å². The van der Waals surface area contributed by atoms with Crippen LogP contribution in [0.5, 0.6) is 11.5 Å². The molecule has 0 aliphatic rings. The SMILES string of the molecule is CC(=O)Oc1ccc(NC(=O)COc2ccc(Br)cc2)cc1C(=O)O. The highest BCUT2D eigenvalue weighted by Gasteiger charge is 2.15. The number of aromatic carboxylic acids is 1. The van der Waals surface area contributed by atoms with Crippen molar-refractivity contribution in [2.75, 3.05) is 11.9 Å². The van der Waals surface area contributed by atoms with E-state index in [-0.39, 0.29) is 23.6 Å². The minimum atomic E-state index is -1.28. The highest BCUT2D eigenvalue weighted by molar-refractivity contribution is 9.10. The van der Waals surface area contributed by atoms with Crippen LogP contribution in [0.1, 0.15) is 17.3 Å². The van der Waals surface area contributed by atoms with Crippen LogP contribution < -0.4 is 14.8 Å². The number of halogens is 1. The molecule has 0 spiro atoms. The molecule has 0 aliphatic heterocycles. The third-order valence-corrected chi connectivity index (χ3v) is 3.46. The molecule has 8 heteroatoms. The van der Waals surface area contributed by atoms with Crippen molar-refractivity contribution < 1.29 is 29.0 Å². The number of carboxylic acid groups (broad SMARTS) is 1. The van der Waals surface area contributed by atoms with Crippen LogP contribution in [0.15, 0.2) is 46.9 Å². The fourth-order valence-corrected chi connectivity index (χ4v) is 2.16. The number of ether oxygens (including phenoxy) is 2. The Morgan fingerprint density at radius 3 is 2.40 bits per heavy atom. The molecule has 0 bridgehead atoms. The second-order valence-electron chi connectivity index (χ2n) is 4.90. The molecule has 0 saturated heterocycles. The number of hydrogen-bond donors (Lipinski definition) is 2. The van der Waals surface area contributed by atoms with Gasteiger partial charge in [-0.05, 0) is 42.5 Å². The van der Waals surface area contributed by atoms with Crippen molar-refractivity contribution in [3.05, 3.63) is 52.5 Å². The lowest BCUT2D eigenvalue weighted by Crippen LogP contribution is -2.20. The molecule has 0 heterocycles. The standard InChI is InChI=1S/C17H14BrNO6/c1-10(20)25-15-7-4-12(8-14(15)17(22)23)19-16(21)9-24-13-5-2-11(18)3-6-13/h2-8H,9H2,1H3,(H,19,21)(H,22,23). The summed E-state index contributed by atoms with van der Waals surface area (Å²) in [4.78, 5) is 34.2. The van der Waals surface area contributed by atoms with Gasteiger partial charge in [-0.3, -0.25) is 9.59 Å². The fourth-order valence-electron chi connectivity index (χ4n) is 1.90. The number of hydrogen-bond acceptors (Lipinski definition) is 5. The van der Waals surface area contributed by atoms with Gasteiger partial charge in [0.2, 0.25) is 0 Å². The summed E-state index contributed by atoms with van der Waals surface area (Å²) in [6, 6.07) is 10.9. The quantitative estimate of drug-likeness (QED) is 0.563. The first kappa shape index (κ1) is 18.5. The number of anilines is 1. The lowest BCUT2D eigenvalue weighted by molar-refractivity contribution is -0.131. The number of carbonyl (C=O) groups excluding carboxylic acids is 2. The van der Waals surface area contributed by atoms with Gasteiger partial charge in [0.1, 0.15) is 17.1 Å². The van der Waals surface area contributed by atoms with Crippen molar-refractivity contribution in [2.45, 2.75) is 6.92 Å². The van der Waals surface area contributed by atoms with Gasteiger partial charge in [0.15, 0.2) is 6.61 Å². The molecule has 25 heavy (non-hydrogen) atoms. The highest BCUT2D eigenvalue weighted by atomic mass is 79.9. The molecule has 0 radical (unpaired) electrons. The van der Waals surface area contributed by atoms with Gasteiger partial charge in [-0.1, -0.05) is 15.9 Å². The maximum Gasteiger partial charge on any atom is 0.339 e. The molecule has 0 aliphatic carbocycles. The Morgan fingerprint density at radius 1 is 1.12 bits per heavy atom. The van der Waals surface area contributed by atoms with Gasteiger partial charge in [-0.25, -0.2) is 4.79 Å². The maximum atomic E-state index is 11.9. The van der Waals surface area contributed by atoms with Crippen LogP contribution in [0.2, 0.25) is 0 Å². The Hall–Kier alpha value is -2.87. The normalized spacial score (nSPS) is 10.0. The van der Waals surface area contributed by atoms with E-state index in [1.54, 1.807) is 24.3 Å². The van der Waals surface area contributed by atoms with E-state index in [2.05, 4.69) is 21.2 Å². The average molecular weight is 408 g/mol. The van der Waals surface area contributed by atoms with Gasteiger partial charge in [0.25, 0.3) is 5.91 Å². The molecule has 0 aromatic heterocycles. The lowest BCUT2D eigenvalue weighted by Gasteiger charge is -2.10. The van der Waals surface area contributed by atoms with Gasteiger partial charge >= 0.3 is 11.9 Å². The molecule has 2 N–H and O–H groups in total. The van der Waals surface area contributed by atoms with E-state index in [4.69, 9.17) is 9.47 Å². The van der Waals surface area contributed by atoms with Gasteiger partial charge in [-0.2, -0.15) is 0 Å². The molecule has 0 unspecified atom stereocenters. The van der Waals surface area contributed by atoms with Crippen LogP contribution in [0.3, 0.4) is 0 Å². The van der Waals surface area contributed by atoms with Gasteiger partial charge in [-0.15, -0.1) is 0 Å². The minimum Gasteiger partial charge on any atom is -0.484 e. The Kier molecular flexibility index (Phi) is 6.13. The first-order valence-corrected chi connectivity index (χ1v) is 7.88. The van der Waals surface area contributed by atoms with Crippen LogP contribution >= 0.6 is 15.9 Å². The summed E-state index contributed by atoms with van der Waals surface area (Å²) in [5.74, 6) is -1.95. The van der Waals surface area contributed by atoms with Crippen LogP contribution in [-0.4, -0.2) is 29.6 Å². The highest BCUT2D eigenvalue weighted by Crippen LogP contribution is 2.23. The van der Waals surface area contributed by atoms with Crippen molar-refractivity contribution in [3.8, 4) is 11.5 Å². The Bertz CT molecular complexity index is 803. The molecule has 1 amide bonds. The number of amides is 1. The maximum absolute atomic E-state index is 11.9. The van der Waals surface area contributed by atoms with Crippen molar-refractivity contribution in [3.63, 3.8) is 0 Å². The van der Waals surface area contributed by atoms with Gasteiger partial charge in [0.05, 0.1) is 0 Å². The molecule has 0 fully saturated rings. The number of carboxylic acids is 1. The summed E-state index contributed by atoms with van der Waals surface area (Å²) >= 11 is 3.29. The average Bonchev–Trinajstić information content (AvgIpc) is 2.55. The van der Waals surface area contributed by atoms with Crippen LogP contribution in [0, 0.1) is 0 Å². The monoisotopic (exact) mass is 407 g/mol. The lowest BCUT2D eigenvalue weighted by atomic mass is 10.1.